The van der Waals surface area contributed by atoms with Gasteiger partial charge in [-0.2, -0.15) is 12.6 Å². The Hall–Kier alpha value is -2.11. The summed E-state index contributed by atoms with van der Waals surface area (Å²) in [7, 11) is 1.82. The average Bonchev–Trinajstić information content (AvgIpc) is 3.26. The maximum atomic E-state index is 11.2. The number of ether oxygens (including phenoxy) is 1. The Bertz CT molecular complexity index is 703. The van der Waals surface area contributed by atoms with E-state index >= 15 is 0 Å². The van der Waals surface area contributed by atoms with Crippen LogP contribution in [-0.2, 0) is 9.53 Å². The summed E-state index contributed by atoms with van der Waals surface area (Å²) in [6.07, 6.45) is 7.35. The number of benzene rings is 2. The molecule has 2 aromatic carbocycles. The van der Waals surface area contributed by atoms with Gasteiger partial charge in [0.15, 0.2) is 0 Å². The molecule has 34 heavy (non-hydrogen) atoms. The van der Waals surface area contributed by atoms with E-state index in [0.717, 1.165) is 6.42 Å². The fourth-order valence-electron chi connectivity index (χ4n) is 3.10. The van der Waals surface area contributed by atoms with Crippen LogP contribution in [0, 0.1) is 0 Å². The molecular formula is C29H50N2O2S. The molecule has 1 aliphatic carbocycles. The summed E-state index contributed by atoms with van der Waals surface area (Å²) >= 11 is 3.53. The number of hydrogen-bond donors (Lipinski definition) is 2. The van der Waals surface area contributed by atoms with Gasteiger partial charge >= 0.3 is 5.97 Å². The Kier molecular flexibility index (Phi) is 29.1. The molecule has 2 N–H and O–H groups in total. The van der Waals surface area contributed by atoms with Crippen molar-refractivity contribution in [3.63, 3.8) is 0 Å². The minimum atomic E-state index is -0.359. The first-order chi connectivity index (χ1) is 16.7. The topological polar surface area (TPSA) is 64.7 Å². The molecule has 0 aliphatic heterocycles. The molecule has 0 heterocycles. The number of fused-ring (bicyclic) bond motifs is 3. The third-order valence-electron chi connectivity index (χ3n) is 4.41. The van der Waals surface area contributed by atoms with E-state index in [-0.39, 0.29) is 18.4 Å². The van der Waals surface area contributed by atoms with E-state index in [1.807, 2.05) is 79.1 Å². The first kappa shape index (κ1) is 36.5. The number of carbonyl (C=O) groups is 1. The zero-order chi connectivity index (χ0) is 26.8. The van der Waals surface area contributed by atoms with Gasteiger partial charge in [-0.1, -0.05) is 103 Å². The standard InChI is InChI=1S/C16H15NO2.C6H13N.3C2H6.CH4S/c17-9-16(18)19-10-15-13-7-3-1-5-11(13)12-6-2-4-8-14(12)15;1-3-4-5-6-7-2;4*1-2/h1-8,15H,9-10,17H2;6H,3-5H2,1-2H3;3*1-2H3;2H,1H3. The molecule has 0 unspecified atom stereocenters. The quantitative estimate of drug-likeness (QED) is 0.188. The average molecular weight is 491 g/mol. The Morgan fingerprint density at radius 3 is 1.76 bits per heavy atom. The highest BCUT2D eigenvalue weighted by Gasteiger charge is 2.28. The van der Waals surface area contributed by atoms with Gasteiger partial charge in [0.25, 0.3) is 0 Å². The third-order valence-corrected chi connectivity index (χ3v) is 4.41. The molecule has 2 aromatic rings. The second kappa shape index (κ2) is 27.1. The molecule has 194 valence electrons. The van der Waals surface area contributed by atoms with E-state index in [1.165, 1.54) is 35.1 Å². The van der Waals surface area contributed by atoms with Gasteiger partial charge in [0.2, 0.25) is 0 Å². The van der Waals surface area contributed by atoms with E-state index in [1.54, 1.807) is 6.26 Å². The van der Waals surface area contributed by atoms with E-state index in [9.17, 15) is 4.79 Å². The SMILES string of the molecule is CC.CC.CC.CCCCC=NC.CS.NCC(=O)OCC1c2ccccc2-c2ccccc21. The van der Waals surface area contributed by atoms with Crippen molar-refractivity contribution in [3.8, 4) is 11.1 Å². The van der Waals surface area contributed by atoms with E-state index < -0.39 is 0 Å². The Morgan fingerprint density at radius 2 is 1.38 bits per heavy atom. The van der Waals surface area contributed by atoms with Gasteiger partial charge in [0.05, 0.1) is 6.54 Å². The van der Waals surface area contributed by atoms with Crippen molar-refractivity contribution in [2.75, 3.05) is 26.5 Å². The van der Waals surface area contributed by atoms with Crippen LogP contribution in [0.2, 0.25) is 0 Å². The van der Waals surface area contributed by atoms with Gasteiger partial charge < -0.3 is 15.5 Å². The molecule has 0 radical (unpaired) electrons. The fourth-order valence-corrected chi connectivity index (χ4v) is 3.10. The van der Waals surface area contributed by atoms with Gasteiger partial charge in [-0.25, -0.2) is 0 Å². The summed E-state index contributed by atoms with van der Waals surface area (Å²) in [5, 5.41) is 0. The van der Waals surface area contributed by atoms with Crippen molar-refractivity contribution in [3.05, 3.63) is 59.7 Å². The van der Waals surface area contributed by atoms with Crippen LogP contribution < -0.4 is 5.73 Å². The molecule has 0 amide bonds. The Labute approximate surface area is 215 Å². The molecule has 0 aromatic heterocycles. The lowest BCUT2D eigenvalue weighted by atomic mass is 9.98. The van der Waals surface area contributed by atoms with Crippen molar-refractivity contribution in [2.24, 2.45) is 10.7 Å². The molecule has 0 saturated carbocycles. The summed E-state index contributed by atoms with van der Waals surface area (Å²) in [5.74, 6) is -0.246. The predicted octanol–water partition coefficient (Wildman–Crippen LogP) is 7.80. The number of nitrogens with two attached hydrogens (primary N) is 1. The number of thiol groups is 1. The first-order valence-electron chi connectivity index (χ1n) is 12.6. The molecule has 4 nitrogen and oxygen atoms in total. The molecule has 0 fully saturated rings. The minimum Gasteiger partial charge on any atom is -0.464 e. The number of unbranched alkanes of at least 4 members (excludes halogenated alkanes) is 2. The number of nitrogens with zero attached hydrogens (tertiary/aromatic N) is 1. The molecule has 3 rings (SSSR count). The van der Waals surface area contributed by atoms with Crippen LogP contribution in [0.4, 0.5) is 0 Å². The second-order valence-electron chi connectivity index (χ2n) is 6.20. The van der Waals surface area contributed by atoms with Crippen molar-refractivity contribution in [1.82, 2.24) is 0 Å². The normalized spacial score (nSPS) is 10.1. The highest BCUT2D eigenvalue weighted by molar-refractivity contribution is 7.79. The van der Waals surface area contributed by atoms with Crippen molar-refractivity contribution in [2.45, 2.75) is 73.6 Å². The van der Waals surface area contributed by atoms with Crippen LogP contribution in [-0.4, -0.2) is 38.6 Å². The molecular weight excluding hydrogens is 440 g/mol. The monoisotopic (exact) mass is 490 g/mol. The highest BCUT2D eigenvalue weighted by atomic mass is 32.1. The molecule has 1 aliphatic rings. The molecule has 0 bridgehead atoms. The molecule has 0 saturated heterocycles. The largest absolute Gasteiger partial charge is 0.464 e. The van der Waals surface area contributed by atoms with Gasteiger partial charge in [0, 0.05) is 13.0 Å². The zero-order valence-corrected chi connectivity index (χ0v) is 24.0. The lowest BCUT2D eigenvalue weighted by molar-refractivity contribution is -0.142. The van der Waals surface area contributed by atoms with E-state index in [4.69, 9.17) is 10.5 Å². The lowest BCUT2D eigenvalue weighted by Crippen LogP contribution is -2.19. The van der Waals surface area contributed by atoms with Crippen molar-refractivity contribution < 1.29 is 9.53 Å². The maximum Gasteiger partial charge on any atom is 0.319 e. The minimum absolute atomic E-state index is 0.0734. The molecule has 0 spiro atoms. The Balaban J connectivity index is -0.000000542. The van der Waals surface area contributed by atoms with Crippen LogP contribution in [0.15, 0.2) is 53.5 Å². The third kappa shape index (κ3) is 13.6. The lowest BCUT2D eigenvalue weighted by Gasteiger charge is -2.13. The number of rotatable bonds is 6. The summed E-state index contributed by atoms with van der Waals surface area (Å²) in [5.41, 5.74) is 10.2. The fraction of sp³-hybridized carbons (Fsp3) is 0.517. The highest BCUT2D eigenvalue weighted by Crippen LogP contribution is 2.44. The number of esters is 1. The van der Waals surface area contributed by atoms with Gasteiger partial charge in [-0.15, -0.1) is 0 Å². The summed E-state index contributed by atoms with van der Waals surface area (Å²) in [6, 6.07) is 16.5. The maximum absolute atomic E-state index is 11.2. The predicted molar refractivity (Wildman–Crippen MR) is 157 cm³/mol. The number of hydrogen-bond acceptors (Lipinski definition) is 5. The number of aliphatic imine (C=N–C) groups is 1. The Morgan fingerprint density at radius 1 is 0.941 bits per heavy atom. The second-order valence-corrected chi connectivity index (χ2v) is 6.20. The smallest absolute Gasteiger partial charge is 0.319 e. The van der Waals surface area contributed by atoms with Crippen LogP contribution >= 0.6 is 12.6 Å². The summed E-state index contributed by atoms with van der Waals surface area (Å²) in [4.78, 5) is 15.1. The van der Waals surface area contributed by atoms with Crippen LogP contribution in [0.3, 0.4) is 0 Å². The van der Waals surface area contributed by atoms with Crippen LogP contribution in [0.1, 0.15) is 84.8 Å². The molecule has 0 atom stereocenters. The van der Waals surface area contributed by atoms with E-state index in [2.05, 4.69) is 48.8 Å². The molecule has 5 heteroatoms. The summed E-state index contributed by atoms with van der Waals surface area (Å²) in [6.45, 7) is 14.5. The number of carbonyl (C=O) groups excluding carboxylic acids is 1. The van der Waals surface area contributed by atoms with E-state index in [0.29, 0.717) is 6.61 Å². The van der Waals surface area contributed by atoms with Crippen LogP contribution in [0.5, 0.6) is 0 Å². The van der Waals surface area contributed by atoms with Gasteiger partial charge in [-0.3, -0.25) is 4.79 Å². The van der Waals surface area contributed by atoms with Crippen LogP contribution in [0.25, 0.3) is 11.1 Å². The van der Waals surface area contributed by atoms with Crippen molar-refractivity contribution in [1.29, 1.82) is 0 Å². The first-order valence-corrected chi connectivity index (χ1v) is 13.5. The summed E-state index contributed by atoms with van der Waals surface area (Å²) < 4.78 is 5.22. The van der Waals surface area contributed by atoms with Crippen molar-refractivity contribution >= 4 is 24.8 Å². The zero-order valence-electron chi connectivity index (χ0n) is 23.1. The van der Waals surface area contributed by atoms with Gasteiger partial charge in [-0.05, 0) is 47.6 Å². The van der Waals surface area contributed by atoms with Gasteiger partial charge in [0.1, 0.15) is 6.61 Å².